The van der Waals surface area contributed by atoms with Crippen LogP contribution in [0, 0.1) is 0 Å². The number of benzene rings is 2. The molecule has 0 fully saturated rings. The molecule has 0 amide bonds. The molecule has 0 saturated heterocycles. The van der Waals surface area contributed by atoms with Gasteiger partial charge in [-0.05, 0) is 36.8 Å². The Morgan fingerprint density at radius 1 is 1.05 bits per heavy atom. The number of ether oxygens (including phenoxy) is 2. The van der Waals surface area contributed by atoms with Gasteiger partial charge < -0.3 is 14.9 Å². The Morgan fingerprint density at radius 3 is 2.40 bits per heavy atom. The third kappa shape index (κ3) is 3.82. The van der Waals surface area contributed by atoms with Crippen molar-refractivity contribution in [1.82, 2.24) is 0 Å². The maximum absolute atomic E-state index is 5.72. The van der Waals surface area contributed by atoms with Gasteiger partial charge in [0.1, 0.15) is 18.1 Å². The normalized spacial score (nSPS) is 10.2. The smallest absolute Gasteiger partial charge is 0.122 e. The molecule has 0 aliphatic heterocycles. The number of anilines is 1. The van der Waals surface area contributed by atoms with E-state index in [1.807, 2.05) is 49.4 Å². The van der Waals surface area contributed by atoms with Crippen molar-refractivity contribution in [2.75, 3.05) is 12.0 Å². The molecule has 2 aromatic carbocycles. The van der Waals surface area contributed by atoms with Gasteiger partial charge in [-0.15, -0.1) is 12.6 Å². The lowest BCUT2D eigenvalue weighted by Crippen LogP contribution is -2.07. The van der Waals surface area contributed by atoms with Gasteiger partial charge in [0.15, 0.2) is 0 Å². The second kappa shape index (κ2) is 7.07. The highest BCUT2D eigenvalue weighted by Crippen LogP contribution is 2.25. The maximum atomic E-state index is 5.72. The van der Waals surface area contributed by atoms with Crippen LogP contribution in [0.4, 0.5) is 5.69 Å². The quantitative estimate of drug-likeness (QED) is 0.434. The summed E-state index contributed by atoms with van der Waals surface area (Å²) < 4.78 is 11.1. The zero-order chi connectivity index (χ0) is 14.4. The summed E-state index contributed by atoms with van der Waals surface area (Å²) in [5, 5.41) is 0. The van der Waals surface area contributed by atoms with E-state index in [1.165, 1.54) is 0 Å². The maximum Gasteiger partial charge on any atom is 0.122 e. The monoisotopic (exact) mass is 290 g/mol. The van der Waals surface area contributed by atoms with Crippen LogP contribution in [0.25, 0.3) is 0 Å². The molecule has 2 aromatic rings. The molecule has 0 radical (unpaired) electrons. The number of hydrazine groups is 1. The van der Waals surface area contributed by atoms with Gasteiger partial charge in [-0.1, -0.05) is 12.1 Å². The summed E-state index contributed by atoms with van der Waals surface area (Å²) in [6, 6.07) is 13.4. The van der Waals surface area contributed by atoms with Crippen molar-refractivity contribution in [2.24, 2.45) is 5.84 Å². The number of hydrogen-bond donors (Lipinski definition) is 3. The number of rotatable bonds is 6. The summed E-state index contributed by atoms with van der Waals surface area (Å²) in [5.41, 5.74) is 4.39. The standard InChI is InChI=1S/C15H18N2O2S/c1-2-18-12-5-3-11(4-6-12)10-19-13-7-8-15(20)14(9-13)17-16/h3-9,17,20H,2,10,16H2,1H3. The Balaban J connectivity index is 1.97. The van der Waals surface area contributed by atoms with E-state index >= 15 is 0 Å². The van der Waals surface area contributed by atoms with E-state index in [0.717, 1.165) is 27.6 Å². The van der Waals surface area contributed by atoms with E-state index in [9.17, 15) is 0 Å². The lowest BCUT2D eigenvalue weighted by molar-refractivity contribution is 0.305. The molecule has 2 rings (SSSR count). The summed E-state index contributed by atoms with van der Waals surface area (Å²) in [6.45, 7) is 3.12. The van der Waals surface area contributed by atoms with Crippen molar-refractivity contribution in [1.29, 1.82) is 0 Å². The lowest BCUT2D eigenvalue weighted by Gasteiger charge is -2.10. The molecule has 0 atom stereocenters. The van der Waals surface area contributed by atoms with Crippen LogP contribution in [-0.4, -0.2) is 6.61 Å². The Hall–Kier alpha value is -1.85. The Morgan fingerprint density at radius 2 is 1.75 bits per heavy atom. The topological polar surface area (TPSA) is 56.5 Å². The molecule has 0 aromatic heterocycles. The van der Waals surface area contributed by atoms with Crippen molar-refractivity contribution in [3.63, 3.8) is 0 Å². The molecule has 106 valence electrons. The van der Waals surface area contributed by atoms with Gasteiger partial charge in [0.2, 0.25) is 0 Å². The van der Waals surface area contributed by atoms with E-state index < -0.39 is 0 Å². The van der Waals surface area contributed by atoms with E-state index in [4.69, 9.17) is 15.3 Å². The first-order valence-corrected chi connectivity index (χ1v) is 6.82. The fourth-order valence-electron chi connectivity index (χ4n) is 1.74. The molecule has 0 spiro atoms. The molecule has 5 heteroatoms. The van der Waals surface area contributed by atoms with Gasteiger partial charge in [-0.2, -0.15) is 0 Å². The van der Waals surface area contributed by atoms with Crippen LogP contribution < -0.4 is 20.7 Å². The number of nitrogens with one attached hydrogen (secondary N) is 1. The summed E-state index contributed by atoms with van der Waals surface area (Å²) >= 11 is 4.28. The highest BCUT2D eigenvalue weighted by atomic mass is 32.1. The average Bonchev–Trinajstić information content (AvgIpc) is 2.48. The Bertz CT molecular complexity index is 558. The molecule has 3 N–H and O–H groups in total. The average molecular weight is 290 g/mol. The van der Waals surface area contributed by atoms with Crippen LogP contribution in [0.2, 0.25) is 0 Å². The van der Waals surface area contributed by atoms with Crippen LogP contribution in [0.15, 0.2) is 47.4 Å². The third-order valence-corrected chi connectivity index (χ3v) is 3.15. The van der Waals surface area contributed by atoms with Gasteiger partial charge in [-0.25, -0.2) is 0 Å². The highest BCUT2D eigenvalue weighted by Gasteiger charge is 2.01. The van der Waals surface area contributed by atoms with E-state index in [2.05, 4.69) is 18.1 Å². The van der Waals surface area contributed by atoms with Crippen LogP contribution in [0.5, 0.6) is 11.5 Å². The van der Waals surface area contributed by atoms with Crippen molar-refractivity contribution in [2.45, 2.75) is 18.4 Å². The molecule has 0 aliphatic carbocycles. The van der Waals surface area contributed by atoms with E-state index in [-0.39, 0.29) is 0 Å². The summed E-state index contributed by atoms with van der Waals surface area (Å²) in [7, 11) is 0. The van der Waals surface area contributed by atoms with Crippen LogP contribution in [0.1, 0.15) is 12.5 Å². The van der Waals surface area contributed by atoms with Crippen LogP contribution >= 0.6 is 12.6 Å². The van der Waals surface area contributed by atoms with Gasteiger partial charge >= 0.3 is 0 Å². The molecule has 4 nitrogen and oxygen atoms in total. The predicted octanol–water partition coefficient (Wildman–Crippen LogP) is 3.24. The molecule has 0 heterocycles. The molecule has 0 bridgehead atoms. The molecule has 0 unspecified atom stereocenters. The summed E-state index contributed by atoms with van der Waals surface area (Å²) in [6.07, 6.45) is 0. The van der Waals surface area contributed by atoms with Crippen LogP contribution in [-0.2, 0) is 6.61 Å². The number of nitrogen functional groups attached to an aromatic ring is 1. The molecule has 20 heavy (non-hydrogen) atoms. The zero-order valence-corrected chi connectivity index (χ0v) is 12.2. The predicted molar refractivity (Wildman–Crippen MR) is 83.4 cm³/mol. The molecule has 0 saturated carbocycles. The summed E-state index contributed by atoms with van der Waals surface area (Å²) in [4.78, 5) is 0.779. The minimum absolute atomic E-state index is 0.488. The molecule has 0 aliphatic rings. The molecular formula is C15H18N2O2S. The SMILES string of the molecule is CCOc1ccc(COc2ccc(S)c(NN)c2)cc1. The fraction of sp³-hybridized carbons (Fsp3) is 0.200. The second-order valence-electron chi connectivity index (χ2n) is 4.19. The zero-order valence-electron chi connectivity index (χ0n) is 11.3. The van der Waals surface area contributed by atoms with E-state index in [0.29, 0.717) is 13.2 Å². The van der Waals surface area contributed by atoms with Gasteiger partial charge in [-0.3, -0.25) is 5.84 Å². The van der Waals surface area contributed by atoms with Crippen molar-refractivity contribution < 1.29 is 9.47 Å². The fourth-order valence-corrected chi connectivity index (χ4v) is 1.94. The van der Waals surface area contributed by atoms with E-state index in [1.54, 1.807) is 0 Å². The van der Waals surface area contributed by atoms with Crippen LogP contribution in [0.3, 0.4) is 0 Å². The van der Waals surface area contributed by atoms with Crippen molar-refractivity contribution >= 4 is 18.3 Å². The Labute approximate surface area is 124 Å². The third-order valence-electron chi connectivity index (χ3n) is 2.76. The van der Waals surface area contributed by atoms with Crippen molar-refractivity contribution in [3.8, 4) is 11.5 Å². The first-order chi connectivity index (χ1) is 9.72. The van der Waals surface area contributed by atoms with Gasteiger partial charge in [0.05, 0.1) is 12.3 Å². The van der Waals surface area contributed by atoms with Crippen molar-refractivity contribution in [3.05, 3.63) is 48.0 Å². The summed E-state index contributed by atoms with van der Waals surface area (Å²) in [5.74, 6) is 7.01. The van der Waals surface area contributed by atoms with Gasteiger partial charge in [0, 0.05) is 11.0 Å². The second-order valence-corrected chi connectivity index (χ2v) is 4.67. The minimum atomic E-state index is 0.488. The van der Waals surface area contributed by atoms with Gasteiger partial charge in [0.25, 0.3) is 0 Å². The first kappa shape index (κ1) is 14.6. The number of hydrogen-bond acceptors (Lipinski definition) is 5. The number of thiol groups is 1. The Kier molecular flexibility index (Phi) is 5.15. The largest absolute Gasteiger partial charge is 0.494 e. The number of nitrogens with two attached hydrogens (primary N) is 1. The minimum Gasteiger partial charge on any atom is -0.494 e. The highest BCUT2D eigenvalue weighted by molar-refractivity contribution is 7.80. The first-order valence-electron chi connectivity index (χ1n) is 6.37. The lowest BCUT2D eigenvalue weighted by atomic mass is 10.2. The molecular weight excluding hydrogens is 272 g/mol.